The molecule has 0 unspecified atom stereocenters. The number of hydrogen-bond acceptors (Lipinski definition) is 3. The van der Waals surface area contributed by atoms with E-state index in [1.807, 2.05) is 6.07 Å². The van der Waals surface area contributed by atoms with E-state index in [2.05, 4.69) is 31.1 Å². The predicted molar refractivity (Wildman–Crippen MR) is 81.4 cm³/mol. The molecule has 21 heavy (non-hydrogen) atoms. The molecular formula is C16H24N2O3. The minimum atomic E-state index is -0.776. The Labute approximate surface area is 125 Å². The van der Waals surface area contributed by atoms with Crippen molar-refractivity contribution >= 4 is 11.9 Å². The number of carboxylic acid groups (broad SMARTS) is 1. The minimum absolute atomic E-state index is 0.0200. The lowest BCUT2D eigenvalue weighted by Gasteiger charge is -2.18. The Kier molecular flexibility index (Phi) is 6.34. The number of aliphatic carboxylic acids is 1. The highest BCUT2D eigenvalue weighted by Gasteiger charge is 2.15. The van der Waals surface area contributed by atoms with Crippen LogP contribution in [0.1, 0.15) is 62.5 Å². The fourth-order valence-electron chi connectivity index (χ4n) is 1.84. The molecule has 0 spiro atoms. The monoisotopic (exact) mass is 292 g/mol. The number of nitrogens with one attached hydrogen (secondary N) is 1. The van der Waals surface area contributed by atoms with Crippen molar-refractivity contribution in [3.8, 4) is 0 Å². The number of amides is 1. The Bertz CT molecular complexity index is 475. The number of pyridine rings is 1. The van der Waals surface area contributed by atoms with Crippen LogP contribution < -0.4 is 5.32 Å². The number of carbonyl (C=O) groups is 2. The van der Waals surface area contributed by atoms with Crippen LogP contribution >= 0.6 is 0 Å². The molecule has 1 heterocycles. The normalized spacial score (nSPS) is 11.2. The summed E-state index contributed by atoms with van der Waals surface area (Å²) in [6, 6.07) is 3.66. The third-order valence-corrected chi connectivity index (χ3v) is 3.22. The van der Waals surface area contributed by atoms with Crippen LogP contribution in [0.2, 0.25) is 0 Å². The summed E-state index contributed by atoms with van der Waals surface area (Å²) in [4.78, 5) is 26.4. The summed E-state index contributed by atoms with van der Waals surface area (Å²) < 4.78 is 0. The van der Waals surface area contributed by atoms with E-state index >= 15 is 0 Å². The van der Waals surface area contributed by atoms with Crippen molar-refractivity contribution in [2.24, 2.45) is 0 Å². The van der Waals surface area contributed by atoms with Gasteiger partial charge in [-0.3, -0.25) is 14.6 Å². The first-order valence-electron chi connectivity index (χ1n) is 7.27. The third-order valence-electron chi connectivity index (χ3n) is 3.22. The molecule has 5 heteroatoms. The Balaban J connectivity index is 2.34. The van der Waals surface area contributed by atoms with Gasteiger partial charge in [-0.25, -0.2) is 0 Å². The summed E-state index contributed by atoms with van der Waals surface area (Å²) >= 11 is 0. The molecule has 0 fully saturated rings. The average molecular weight is 292 g/mol. The molecule has 0 aliphatic heterocycles. The van der Waals surface area contributed by atoms with Gasteiger partial charge < -0.3 is 10.4 Å². The van der Waals surface area contributed by atoms with Gasteiger partial charge in [0.1, 0.15) is 5.69 Å². The summed E-state index contributed by atoms with van der Waals surface area (Å²) in [5, 5.41) is 11.3. The number of carbonyl (C=O) groups excluding carboxylic acids is 1. The topological polar surface area (TPSA) is 79.3 Å². The molecule has 5 nitrogen and oxygen atoms in total. The lowest BCUT2D eigenvalue weighted by atomic mass is 9.88. The van der Waals surface area contributed by atoms with Gasteiger partial charge in [-0.15, -0.1) is 0 Å². The molecule has 1 amide bonds. The summed E-state index contributed by atoms with van der Waals surface area (Å²) in [7, 11) is 0. The van der Waals surface area contributed by atoms with Gasteiger partial charge in [0.15, 0.2) is 0 Å². The highest BCUT2D eigenvalue weighted by molar-refractivity contribution is 5.92. The number of nitrogens with zero attached hydrogens (tertiary/aromatic N) is 1. The molecule has 0 aliphatic carbocycles. The van der Waals surface area contributed by atoms with Gasteiger partial charge in [-0.2, -0.15) is 0 Å². The van der Waals surface area contributed by atoms with Gasteiger partial charge >= 0.3 is 5.97 Å². The zero-order valence-corrected chi connectivity index (χ0v) is 13.0. The van der Waals surface area contributed by atoms with E-state index in [1.165, 1.54) is 0 Å². The second-order valence-electron chi connectivity index (χ2n) is 6.14. The van der Waals surface area contributed by atoms with Crippen molar-refractivity contribution in [1.82, 2.24) is 10.3 Å². The molecule has 0 atom stereocenters. The Morgan fingerprint density at radius 3 is 2.43 bits per heavy atom. The standard InChI is InChI=1S/C16H24N2O3/c1-16(2,3)12-8-9-13(18-11-12)15(21)17-10-6-4-5-7-14(19)20/h8-9,11H,4-7,10H2,1-3H3,(H,17,21)(H,19,20). The summed E-state index contributed by atoms with van der Waals surface area (Å²) in [6.07, 6.45) is 4.14. The van der Waals surface area contributed by atoms with Gasteiger partial charge in [0.25, 0.3) is 5.91 Å². The van der Waals surface area contributed by atoms with Crippen LogP contribution in [0, 0.1) is 0 Å². The summed E-state index contributed by atoms with van der Waals surface area (Å²) in [5.41, 5.74) is 1.52. The van der Waals surface area contributed by atoms with Crippen LogP contribution in [0.15, 0.2) is 18.3 Å². The molecular weight excluding hydrogens is 268 g/mol. The molecule has 1 aromatic heterocycles. The Morgan fingerprint density at radius 1 is 1.19 bits per heavy atom. The highest BCUT2D eigenvalue weighted by Crippen LogP contribution is 2.20. The second kappa shape index (κ2) is 7.76. The highest BCUT2D eigenvalue weighted by atomic mass is 16.4. The molecule has 0 aliphatic rings. The zero-order valence-electron chi connectivity index (χ0n) is 13.0. The zero-order chi connectivity index (χ0) is 15.9. The number of unbranched alkanes of at least 4 members (excludes halogenated alkanes) is 2. The van der Waals surface area contributed by atoms with E-state index in [-0.39, 0.29) is 17.7 Å². The van der Waals surface area contributed by atoms with Crippen LogP contribution in [0.3, 0.4) is 0 Å². The van der Waals surface area contributed by atoms with Crippen LogP contribution in [0.5, 0.6) is 0 Å². The van der Waals surface area contributed by atoms with Crippen molar-refractivity contribution in [3.05, 3.63) is 29.6 Å². The Morgan fingerprint density at radius 2 is 1.90 bits per heavy atom. The van der Waals surface area contributed by atoms with Crippen molar-refractivity contribution < 1.29 is 14.7 Å². The van der Waals surface area contributed by atoms with Crippen molar-refractivity contribution in [2.45, 2.75) is 51.9 Å². The summed E-state index contributed by atoms with van der Waals surface area (Å²) in [5.74, 6) is -0.962. The van der Waals surface area contributed by atoms with E-state index in [0.29, 0.717) is 18.7 Å². The van der Waals surface area contributed by atoms with Crippen molar-refractivity contribution in [1.29, 1.82) is 0 Å². The first kappa shape index (κ1) is 17.1. The summed E-state index contributed by atoms with van der Waals surface area (Å²) in [6.45, 7) is 6.84. The first-order valence-corrected chi connectivity index (χ1v) is 7.27. The first-order chi connectivity index (χ1) is 9.80. The van der Waals surface area contributed by atoms with Gasteiger partial charge in [0.2, 0.25) is 0 Å². The molecule has 0 bridgehead atoms. The molecule has 0 radical (unpaired) electrons. The van der Waals surface area contributed by atoms with Gasteiger partial charge in [0.05, 0.1) is 0 Å². The fraction of sp³-hybridized carbons (Fsp3) is 0.562. The molecule has 0 aromatic carbocycles. The van der Waals surface area contributed by atoms with E-state index in [9.17, 15) is 9.59 Å². The SMILES string of the molecule is CC(C)(C)c1ccc(C(=O)NCCCCCC(=O)O)nc1. The molecule has 1 rings (SSSR count). The van der Waals surface area contributed by atoms with Crippen LogP contribution in [-0.2, 0) is 10.2 Å². The maximum absolute atomic E-state index is 11.9. The molecule has 0 saturated carbocycles. The lowest BCUT2D eigenvalue weighted by molar-refractivity contribution is -0.137. The molecule has 0 saturated heterocycles. The molecule has 116 valence electrons. The number of carboxylic acids is 1. The van der Waals surface area contributed by atoms with Crippen LogP contribution in [0.25, 0.3) is 0 Å². The third kappa shape index (κ3) is 6.38. The number of aromatic nitrogens is 1. The van der Waals surface area contributed by atoms with Gasteiger partial charge in [-0.1, -0.05) is 33.3 Å². The molecule has 1 aromatic rings. The van der Waals surface area contributed by atoms with Crippen LogP contribution in [0.4, 0.5) is 0 Å². The van der Waals surface area contributed by atoms with Crippen molar-refractivity contribution in [2.75, 3.05) is 6.54 Å². The van der Waals surface area contributed by atoms with Crippen LogP contribution in [-0.4, -0.2) is 28.5 Å². The minimum Gasteiger partial charge on any atom is -0.481 e. The van der Waals surface area contributed by atoms with E-state index in [0.717, 1.165) is 18.4 Å². The van der Waals surface area contributed by atoms with Gasteiger partial charge in [0, 0.05) is 19.2 Å². The van der Waals surface area contributed by atoms with Gasteiger partial charge in [-0.05, 0) is 29.9 Å². The second-order valence-corrected chi connectivity index (χ2v) is 6.14. The maximum Gasteiger partial charge on any atom is 0.303 e. The largest absolute Gasteiger partial charge is 0.481 e. The average Bonchev–Trinajstić information content (AvgIpc) is 2.41. The van der Waals surface area contributed by atoms with E-state index < -0.39 is 5.97 Å². The lowest BCUT2D eigenvalue weighted by Crippen LogP contribution is -2.25. The number of rotatable bonds is 7. The number of hydrogen-bond donors (Lipinski definition) is 2. The predicted octanol–water partition coefficient (Wildman–Crippen LogP) is 2.75. The fourth-order valence-corrected chi connectivity index (χ4v) is 1.84. The smallest absolute Gasteiger partial charge is 0.303 e. The van der Waals surface area contributed by atoms with Crippen molar-refractivity contribution in [3.63, 3.8) is 0 Å². The molecule has 2 N–H and O–H groups in total. The van der Waals surface area contributed by atoms with E-state index in [1.54, 1.807) is 12.3 Å². The quantitative estimate of drug-likeness (QED) is 0.757. The van der Waals surface area contributed by atoms with E-state index in [4.69, 9.17) is 5.11 Å². The maximum atomic E-state index is 11.9. The Hall–Kier alpha value is -1.91.